The lowest BCUT2D eigenvalue weighted by Gasteiger charge is -2.09. The van der Waals surface area contributed by atoms with Crippen LogP contribution in [-0.2, 0) is 4.79 Å². The zero-order valence-electron chi connectivity index (χ0n) is 19.2. The number of amides is 1. The predicted molar refractivity (Wildman–Crippen MR) is 138 cm³/mol. The maximum Gasteiger partial charge on any atom is 0.280 e. The SMILES string of the molecule is COc1cc(/C=C/C(=N/NC(=O)COc2ccc(Cl)cc2Cl)c2ccccc2)c([N+](=O)[O-])cc1OC. The number of hydrogen-bond acceptors (Lipinski definition) is 7. The maximum atomic E-state index is 12.3. The number of nitro groups is 1. The Kier molecular flexibility index (Phi) is 9.26. The highest BCUT2D eigenvalue weighted by Gasteiger charge is 2.18. The van der Waals surface area contributed by atoms with E-state index in [9.17, 15) is 14.9 Å². The monoisotopic (exact) mass is 529 g/mol. The van der Waals surface area contributed by atoms with Gasteiger partial charge in [-0.25, -0.2) is 5.43 Å². The number of nitrogens with zero attached hydrogens (tertiary/aromatic N) is 2. The molecule has 0 aliphatic rings. The number of rotatable bonds is 10. The molecular weight excluding hydrogens is 509 g/mol. The average molecular weight is 530 g/mol. The summed E-state index contributed by atoms with van der Waals surface area (Å²) in [5.41, 5.74) is 3.50. The van der Waals surface area contributed by atoms with Crippen molar-refractivity contribution in [2.24, 2.45) is 5.10 Å². The van der Waals surface area contributed by atoms with E-state index in [-0.39, 0.29) is 28.6 Å². The molecule has 0 saturated heterocycles. The largest absolute Gasteiger partial charge is 0.493 e. The van der Waals surface area contributed by atoms with Crippen molar-refractivity contribution in [1.29, 1.82) is 0 Å². The number of hydrazone groups is 1. The highest BCUT2D eigenvalue weighted by molar-refractivity contribution is 6.35. The van der Waals surface area contributed by atoms with Gasteiger partial charge in [0.25, 0.3) is 11.6 Å². The first-order valence-corrected chi connectivity index (χ1v) is 11.2. The summed E-state index contributed by atoms with van der Waals surface area (Å²) in [6, 6.07) is 16.4. The van der Waals surface area contributed by atoms with Crippen molar-refractivity contribution >= 4 is 46.6 Å². The molecule has 0 heterocycles. The van der Waals surface area contributed by atoms with Crippen LogP contribution in [-0.4, -0.2) is 37.4 Å². The van der Waals surface area contributed by atoms with Crippen LogP contribution >= 0.6 is 23.2 Å². The zero-order chi connectivity index (χ0) is 26.1. The first-order valence-electron chi connectivity index (χ1n) is 10.4. The van der Waals surface area contributed by atoms with Crippen molar-refractivity contribution in [2.75, 3.05) is 20.8 Å². The number of carbonyl (C=O) groups excluding carboxylic acids is 1. The van der Waals surface area contributed by atoms with E-state index in [0.717, 1.165) is 0 Å². The van der Waals surface area contributed by atoms with Gasteiger partial charge in [-0.15, -0.1) is 0 Å². The minimum atomic E-state index is -0.542. The van der Waals surface area contributed by atoms with Gasteiger partial charge in [-0.3, -0.25) is 14.9 Å². The third-order valence-electron chi connectivity index (χ3n) is 4.77. The van der Waals surface area contributed by atoms with Crippen LogP contribution in [0, 0.1) is 10.1 Å². The van der Waals surface area contributed by atoms with Crippen molar-refractivity contribution in [3.63, 3.8) is 0 Å². The summed E-state index contributed by atoms with van der Waals surface area (Å²) in [6.07, 6.45) is 3.04. The van der Waals surface area contributed by atoms with Gasteiger partial charge in [0.1, 0.15) is 5.75 Å². The summed E-state index contributed by atoms with van der Waals surface area (Å²) < 4.78 is 15.8. The van der Waals surface area contributed by atoms with Crippen molar-refractivity contribution in [3.05, 3.63) is 98.0 Å². The summed E-state index contributed by atoms with van der Waals surface area (Å²) in [5, 5.41) is 16.5. The number of nitrogens with one attached hydrogen (secondary N) is 1. The number of carbonyl (C=O) groups is 1. The lowest BCUT2D eigenvalue weighted by molar-refractivity contribution is -0.385. The lowest BCUT2D eigenvalue weighted by Crippen LogP contribution is -2.25. The van der Waals surface area contributed by atoms with Crippen molar-refractivity contribution < 1.29 is 23.9 Å². The molecule has 0 saturated carbocycles. The molecule has 0 spiro atoms. The normalized spacial score (nSPS) is 11.3. The molecule has 3 aromatic rings. The molecule has 0 aliphatic heterocycles. The van der Waals surface area contributed by atoms with E-state index < -0.39 is 10.8 Å². The van der Waals surface area contributed by atoms with E-state index in [0.29, 0.717) is 27.8 Å². The van der Waals surface area contributed by atoms with Crippen LogP contribution in [0.2, 0.25) is 10.0 Å². The van der Waals surface area contributed by atoms with Gasteiger partial charge in [0.2, 0.25) is 0 Å². The Morgan fingerprint density at radius 3 is 2.36 bits per heavy atom. The highest BCUT2D eigenvalue weighted by atomic mass is 35.5. The van der Waals surface area contributed by atoms with Crippen LogP contribution in [0.15, 0.2) is 71.8 Å². The Bertz CT molecular complexity index is 1310. The number of ether oxygens (including phenoxy) is 3. The van der Waals surface area contributed by atoms with E-state index in [1.54, 1.807) is 42.5 Å². The summed E-state index contributed by atoms with van der Waals surface area (Å²) in [4.78, 5) is 23.4. The van der Waals surface area contributed by atoms with Gasteiger partial charge in [0.15, 0.2) is 18.1 Å². The van der Waals surface area contributed by atoms with Crippen LogP contribution in [0.1, 0.15) is 11.1 Å². The smallest absolute Gasteiger partial charge is 0.280 e. The van der Waals surface area contributed by atoms with Crippen LogP contribution in [0.25, 0.3) is 6.08 Å². The minimum absolute atomic E-state index is 0.186. The van der Waals surface area contributed by atoms with E-state index >= 15 is 0 Å². The predicted octanol–water partition coefficient (Wildman–Crippen LogP) is 5.53. The molecule has 3 aromatic carbocycles. The molecule has 3 rings (SSSR count). The van der Waals surface area contributed by atoms with Gasteiger partial charge in [0, 0.05) is 10.6 Å². The molecule has 1 amide bonds. The zero-order valence-corrected chi connectivity index (χ0v) is 20.7. The Morgan fingerprint density at radius 2 is 1.72 bits per heavy atom. The Morgan fingerprint density at radius 1 is 1.03 bits per heavy atom. The van der Waals surface area contributed by atoms with Crippen molar-refractivity contribution in [1.82, 2.24) is 5.43 Å². The molecule has 0 atom stereocenters. The molecule has 1 N–H and O–H groups in total. The summed E-state index contributed by atoms with van der Waals surface area (Å²) >= 11 is 11.9. The maximum absolute atomic E-state index is 12.3. The van der Waals surface area contributed by atoms with Gasteiger partial charge in [-0.1, -0.05) is 53.5 Å². The van der Waals surface area contributed by atoms with Crippen LogP contribution in [0.5, 0.6) is 17.2 Å². The quantitative estimate of drug-likeness (QED) is 0.210. The second kappa shape index (κ2) is 12.6. The van der Waals surface area contributed by atoms with Gasteiger partial charge in [-0.05, 0) is 36.4 Å². The number of hydrogen-bond donors (Lipinski definition) is 1. The Hall–Kier alpha value is -4.08. The van der Waals surface area contributed by atoms with E-state index in [4.69, 9.17) is 37.4 Å². The van der Waals surface area contributed by atoms with E-state index in [2.05, 4.69) is 10.5 Å². The second-order valence-corrected chi connectivity index (χ2v) is 7.96. The fourth-order valence-corrected chi connectivity index (χ4v) is 3.50. The number of nitro benzene ring substituents is 1. The van der Waals surface area contributed by atoms with Crippen LogP contribution in [0.3, 0.4) is 0 Å². The highest BCUT2D eigenvalue weighted by Crippen LogP contribution is 2.35. The summed E-state index contributed by atoms with van der Waals surface area (Å²) in [5.74, 6) is 0.308. The third-order valence-corrected chi connectivity index (χ3v) is 5.30. The molecular formula is C25H21Cl2N3O6. The fraction of sp³-hybridized carbons (Fsp3) is 0.120. The van der Waals surface area contributed by atoms with Crippen molar-refractivity contribution in [3.8, 4) is 17.2 Å². The van der Waals surface area contributed by atoms with Gasteiger partial charge in [0.05, 0.1) is 41.5 Å². The van der Waals surface area contributed by atoms with Gasteiger partial charge >= 0.3 is 0 Å². The Balaban J connectivity index is 1.85. The van der Waals surface area contributed by atoms with Crippen molar-refractivity contribution in [2.45, 2.75) is 0 Å². The molecule has 0 bridgehead atoms. The fourth-order valence-electron chi connectivity index (χ4n) is 3.04. The molecule has 0 aliphatic carbocycles. The third kappa shape index (κ3) is 6.97. The molecule has 0 fully saturated rings. The van der Waals surface area contributed by atoms with Gasteiger partial charge in [-0.2, -0.15) is 5.10 Å². The molecule has 36 heavy (non-hydrogen) atoms. The van der Waals surface area contributed by atoms with E-state index in [1.807, 2.05) is 6.07 Å². The number of halogens is 2. The number of allylic oxidation sites excluding steroid dienone is 1. The second-order valence-electron chi connectivity index (χ2n) is 7.12. The first-order chi connectivity index (χ1) is 17.3. The summed E-state index contributed by atoms with van der Waals surface area (Å²) in [7, 11) is 2.83. The molecule has 0 aromatic heterocycles. The molecule has 9 nitrogen and oxygen atoms in total. The number of benzene rings is 3. The average Bonchev–Trinajstić information content (AvgIpc) is 2.88. The van der Waals surface area contributed by atoms with E-state index in [1.165, 1.54) is 38.5 Å². The topological polar surface area (TPSA) is 112 Å². The van der Waals surface area contributed by atoms with Crippen LogP contribution in [0.4, 0.5) is 5.69 Å². The van der Waals surface area contributed by atoms with Crippen LogP contribution < -0.4 is 19.6 Å². The minimum Gasteiger partial charge on any atom is -0.493 e. The Labute approximate surface area is 217 Å². The van der Waals surface area contributed by atoms with Gasteiger partial charge < -0.3 is 14.2 Å². The first kappa shape index (κ1) is 26.5. The summed E-state index contributed by atoms with van der Waals surface area (Å²) in [6.45, 7) is -0.349. The molecule has 0 radical (unpaired) electrons. The molecule has 11 heteroatoms. The molecule has 0 unspecified atom stereocenters. The number of methoxy groups -OCH3 is 2. The molecule has 186 valence electrons. The lowest BCUT2D eigenvalue weighted by atomic mass is 10.1. The standard InChI is InChI=1S/C25H21Cl2N3O6/c1-34-23-12-17(21(30(32)33)14-24(23)35-2)8-10-20(16-6-4-3-5-7-16)28-29-25(31)15-36-22-11-9-18(26)13-19(22)27/h3-14H,15H2,1-2H3,(H,29,31)/b10-8+,28-20-.